The fourth-order valence-corrected chi connectivity index (χ4v) is 11.8. The van der Waals surface area contributed by atoms with Gasteiger partial charge in [0.25, 0.3) is 0 Å². The van der Waals surface area contributed by atoms with Gasteiger partial charge in [0.1, 0.15) is 0 Å². The number of pyridine rings is 3. The van der Waals surface area contributed by atoms with E-state index < -0.39 is 0 Å². The average Bonchev–Trinajstić information content (AvgIpc) is 4.12. The third kappa shape index (κ3) is 8.70. The van der Waals surface area contributed by atoms with Crippen molar-refractivity contribution in [2.75, 3.05) is 9.80 Å². The summed E-state index contributed by atoms with van der Waals surface area (Å²) in [6.07, 6.45) is 11.6. The van der Waals surface area contributed by atoms with Crippen LogP contribution in [-0.2, 0) is 0 Å². The van der Waals surface area contributed by atoms with Crippen LogP contribution in [0.15, 0.2) is 310 Å². The summed E-state index contributed by atoms with van der Waals surface area (Å²) in [5.74, 6) is 0. The number of hydrogen-bond donors (Lipinski definition) is 0. The molecule has 0 aliphatic carbocycles. The zero-order chi connectivity index (χ0) is 54.3. The van der Waals surface area contributed by atoms with Crippen LogP contribution < -0.4 is 9.80 Å². The number of benzene rings is 10. The Morgan fingerprint density at radius 2 is 0.524 bits per heavy atom. The molecule has 82 heavy (non-hydrogen) atoms. The molecule has 0 spiro atoms. The average molecular weight is 1050 g/mol. The summed E-state index contributed by atoms with van der Waals surface area (Å²) < 4.78 is 4.69. The van der Waals surface area contributed by atoms with Crippen LogP contribution in [0.1, 0.15) is 0 Å². The van der Waals surface area contributed by atoms with E-state index in [4.69, 9.17) is 4.98 Å². The molecular weight excluding hydrogens is 999 g/mol. The van der Waals surface area contributed by atoms with Gasteiger partial charge in [0, 0.05) is 115 Å². The maximum absolute atomic E-state index is 4.72. The molecule has 0 atom stereocenters. The van der Waals surface area contributed by atoms with Gasteiger partial charge in [-0.05, 0) is 161 Å². The van der Waals surface area contributed by atoms with Gasteiger partial charge in [-0.25, -0.2) is 0 Å². The Morgan fingerprint density at radius 1 is 0.220 bits per heavy atom. The van der Waals surface area contributed by atoms with E-state index in [1.807, 2.05) is 37.2 Å². The normalized spacial score (nSPS) is 11.4. The van der Waals surface area contributed by atoms with Gasteiger partial charge in [0.05, 0.1) is 22.1 Å². The zero-order valence-corrected chi connectivity index (χ0v) is 44.6. The van der Waals surface area contributed by atoms with Gasteiger partial charge in [0.15, 0.2) is 0 Å². The van der Waals surface area contributed by atoms with Crippen LogP contribution in [0.5, 0.6) is 0 Å². The summed E-state index contributed by atoms with van der Waals surface area (Å²) in [7, 11) is 0. The molecule has 0 aliphatic heterocycles. The second-order valence-electron chi connectivity index (χ2n) is 20.6. The molecule has 0 saturated heterocycles. The first-order valence-electron chi connectivity index (χ1n) is 27.6. The van der Waals surface area contributed by atoms with Gasteiger partial charge in [-0.1, -0.05) is 146 Å². The third-order valence-electron chi connectivity index (χ3n) is 15.8. The summed E-state index contributed by atoms with van der Waals surface area (Å²) in [4.78, 5) is 18.5. The van der Waals surface area contributed by atoms with Gasteiger partial charge in [0.2, 0.25) is 0 Å². The number of anilines is 6. The molecule has 0 radical (unpaired) electrons. The maximum atomic E-state index is 4.72. The number of para-hydroxylation sites is 4. The first kappa shape index (κ1) is 48.0. The molecule has 5 heterocycles. The monoisotopic (exact) mass is 1050 g/mol. The molecule has 0 N–H and O–H groups in total. The molecule has 0 amide bonds. The number of aromatic nitrogens is 5. The minimum atomic E-state index is 1.07. The Labute approximate surface area is 475 Å². The van der Waals surface area contributed by atoms with Crippen LogP contribution in [0.25, 0.3) is 99.5 Å². The highest BCUT2D eigenvalue weighted by Crippen LogP contribution is 2.42. The van der Waals surface area contributed by atoms with Gasteiger partial charge in [-0.2, -0.15) is 0 Å². The van der Waals surface area contributed by atoms with Crippen molar-refractivity contribution >= 4 is 77.7 Å². The molecule has 0 aliphatic rings. The minimum Gasteiger partial charge on any atom is -0.310 e. The molecular formula is C75H51N7. The summed E-state index contributed by atoms with van der Waals surface area (Å²) in [6.45, 7) is 0. The van der Waals surface area contributed by atoms with E-state index in [1.165, 1.54) is 0 Å². The molecule has 7 heteroatoms. The lowest BCUT2D eigenvalue weighted by molar-refractivity contribution is 1.17. The van der Waals surface area contributed by atoms with E-state index in [0.717, 1.165) is 134 Å². The predicted octanol–water partition coefficient (Wildman–Crippen LogP) is 19.7. The standard InChI is InChI=1S/C75H51N7/c1-5-13-60(14-6-1)79(61-15-7-2-8-16-61)66-37-39-72-68(46-66)70-50-76-43-41-74(70)81(72)64-33-29-54(30-34-64)52-21-25-56(26-22-52)58-45-59(49-78-48-58)57-27-23-53(24-28-57)55-31-35-65(36-32-55)82-73-40-38-67(47-69(73)71-51-77-44-42-75(71)82)80(62-17-9-3-10-18-62)63-19-11-4-12-20-63/h1-51H. The van der Waals surface area contributed by atoms with Gasteiger partial charge in [-0.15, -0.1) is 0 Å². The van der Waals surface area contributed by atoms with Crippen molar-refractivity contribution in [1.29, 1.82) is 0 Å². The Kier molecular flexibility index (Phi) is 12.0. The Hall–Kier alpha value is -11.2. The zero-order valence-electron chi connectivity index (χ0n) is 44.6. The molecule has 15 aromatic rings. The number of rotatable bonds is 12. The van der Waals surface area contributed by atoms with Gasteiger partial charge in [-0.3, -0.25) is 15.0 Å². The first-order chi connectivity index (χ1) is 40.7. The van der Waals surface area contributed by atoms with Crippen LogP contribution in [0.3, 0.4) is 0 Å². The van der Waals surface area contributed by atoms with Crippen molar-refractivity contribution in [1.82, 2.24) is 24.1 Å². The summed E-state index contributed by atoms with van der Waals surface area (Å²) in [5.41, 5.74) is 22.2. The summed E-state index contributed by atoms with van der Waals surface area (Å²) in [6, 6.07) is 97.5. The molecule has 5 aromatic heterocycles. The predicted molar refractivity (Wildman–Crippen MR) is 340 cm³/mol. The number of fused-ring (bicyclic) bond motifs is 6. The van der Waals surface area contributed by atoms with Crippen LogP contribution in [0.2, 0.25) is 0 Å². The highest BCUT2D eigenvalue weighted by molar-refractivity contribution is 6.11. The van der Waals surface area contributed by atoms with Crippen molar-refractivity contribution < 1.29 is 0 Å². The van der Waals surface area contributed by atoms with Crippen molar-refractivity contribution in [3.63, 3.8) is 0 Å². The third-order valence-corrected chi connectivity index (χ3v) is 15.8. The minimum absolute atomic E-state index is 1.07. The smallest absolute Gasteiger partial charge is 0.0571 e. The van der Waals surface area contributed by atoms with E-state index in [-0.39, 0.29) is 0 Å². The lowest BCUT2D eigenvalue weighted by Crippen LogP contribution is -2.09. The fourth-order valence-electron chi connectivity index (χ4n) is 11.8. The van der Waals surface area contributed by atoms with Crippen molar-refractivity contribution in [2.45, 2.75) is 0 Å². The highest BCUT2D eigenvalue weighted by atomic mass is 15.1. The fraction of sp³-hybridized carbons (Fsp3) is 0. The van der Waals surface area contributed by atoms with E-state index in [9.17, 15) is 0 Å². The molecule has 10 aromatic carbocycles. The summed E-state index contributed by atoms with van der Waals surface area (Å²) in [5, 5.41) is 4.52. The van der Waals surface area contributed by atoms with E-state index in [2.05, 4.69) is 302 Å². The van der Waals surface area contributed by atoms with Crippen molar-refractivity contribution in [3.05, 3.63) is 310 Å². The SMILES string of the molecule is c1ccc(N(c2ccccc2)c2ccc3c(c2)c2cnccc2n3-c2ccc(-c3ccc(-c4cncc(-c5ccc(-c6ccc(-n7c8ccncc8c8cc(N(c9ccccc9)c9ccccc9)ccc87)cc6)cc5)c4)cc3)cc2)cc1. The molecule has 0 saturated carbocycles. The molecule has 386 valence electrons. The lowest BCUT2D eigenvalue weighted by Gasteiger charge is -2.25. The second-order valence-corrected chi connectivity index (χ2v) is 20.6. The Balaban J connectivity index is 0.662. The van der Waals surface area contributed by atoms with Gasteiger partial charge >= 0.3 is 0 Å². The lowest BCUT2D eigenvalue weighted by atomic mass is 9.97. The van der Waals surface area contributed by atoms with E-state index in [1.54, 1.807) is 0 Å². The van der Waals surface area contributed by atoms with Crippen LogP contribution >= 0.6 is 0 Å². The van der Waals surface area contributed by atoms with Crippen molar-refractivity contribution in [2.24, 2.45) is 0 Å². The quantitative estimate of drug-likeness (QED) is 0.122. The van der Waals surface area contributed by atoms with Crippen LogP contribution in [0.4, 0.5) is 34.1 Å². The molecule has 0 bridgehead atoms. The van der Waals surface area contributed by atoms with Crippen molar-refractivity contribution in [3.8, 4) is 55.9 Å². The second kappa shape index (κ2) is 20.6. The van der Waals surface area contributed by atoms with E-state index in [0.29, 0.717) is 0 Å². The highest BCUT2D eigenvalue weighted by Gasteiger charge is 2.20. The van der Waals surface area contributed by atoms with Gasteiger partial charge < -0.3 is 18.9 Å². The molecule has 0 fully saturated rings. The maximum Gasteiger partial charge on any atom is 0.0571 e. The number of hydrogen-bond acceptors (Lipinski definition) is 5. The number of nitrogens with zero attached hydrogens (tertiary/aromatic N) is 7. The molecule has 7 nitrogen and oxygen atoms in total. The first-order valence-corrected chi connectivity index (χ1v) is 27.6. The molecule has 15 rings (SSSR count). The Morgan fingerprint density at radius 3 is 0.866 bits per heavy atom. The summed E-state index contributed by atoms with van der Waals surface area (Å²) >= 11 is 0. The largest absolute Gasteiger partial charge is 0.310 e. The van der Waals surface area contributed by atoms with E-state index >= 15 is 0 Å². The van der Waals surface area contributed by atoms with Crippen LogP contribution in [-0.4, -0.2) is 24.1 Å². The Bertz CT molecular complexity index is 4370. The molecule has 0 unspecified atom stereocenters. The van der Waals surface area contributed by atoms with Crippen LogP contribution in [0, 0.1) is 0 Å². The topological polar surface area (TPSA) is 55.0 Å².